The van der Waals surface area contributed by atoms with Gasteiger partial charge in [0.25, 0.3) is 0 Å². The highest BCUT2D eigenvalue weighted by molar-refractivity contribution is 4.96. The molecule has 3 aliphatic rings. The van der Waals surface area contributed by atoms with E-state index in [-0.39, 0.29) is 5.92 Å². The molecule has 0 aliphatic heterocycles. The van der Waals surface area contributed by atoms with Crippen molar-refractivity contribution in [1.82, 2.24) is 5.32 Å². The molecule has 6 unspecified atom stereocenters. The Morgan fingerprint density at radius 3 is 2.37 bits per heavy atom. The fourth-order valence-corrected chi connectivity index (χ4v) is 6.41. The Bertz CT molecular complexity index is 457. The molecular weight excluding hydrogens is 347 g/mol. The number of hydrogen-bond acceptors (Lipinski definition) is 1. The first kappa shape index (κ1) is 21.5. The van der Waals surface area contributed by atoms with E-state index in [9.17, 15) is 13.2 Å². The Morgan fingerprint density at radius 1 is 1.00 bits per heavy atom. The van der Waals surface area contributed by atoms with Gasteiger partial charge in [0, 0.05) is 12.1 Å². The molecular formula is C23H40F3N. The van der Waals surface area contributed by atoms with Gasteiger partial charge in [-0.25, -0.2) is 0 Å². The molecule has 0 radical (unpaired) electrons. The highest BCUT2D eigenvalue weighted by atomic mass is 19.4. The lowest BCUT2D eigenvalue weighted by Crippen LogP contribution is -2.53. The van der Waals surface area contributed by atoms with Crippen LogP contribution in [0.2, 0.25) is 0 Å². The molecule has 3 rings (SSSR count). The maximum absolute atomic E-state index is 13.3. The largest absolute Gasteiger partial charge is 0.391 e. The number of nitrogens with one attached hydrogen (secondary N) is 1. The summed E-state index contributed by atoms with van der Waals surface area (Å²) >= 11 is 0. The van der Waals surface area contributed by atoms with Crippen LogP contribution < -0.4 is 5.32 Å². The molecule has 3 aliphatic carbocycles. The first-order valence-corrected chi connectivity index (χ1v) is 11.6. The summed E-state index contributed by atoms with van der Waals surface area (Å²) in [5.74, 6) is 1.88. The average Bonchev–Trinajstić information content (AvgIpc) is 2.59. The van der Waals surface area contributed by atoms with Crippen molar-refractivity contribution in [3.05, 3.63) is 0 Å². The number of hydrogen-bond donors (Lipinski definition) is 1. The van der Waals surface area contributed by atoms with Gasteiger partial charge in [-0.2, -0.15) is 13.2 Å². The predicted octanol–water partition coefficient (Wildman–Crippen LogP) is 6.96. The van der Waals surface area contributed by atoms with Crippen molar-refractivity contribution >= 4 is 0 Å². The fraction of sp³-hybridized carbons (Fsp3) is 1.00. The first-order chi connectivity index (χ1) is 12.8. The molecule has 27 heavy (non-hydrogen) atoms. The molecule has 0 aromatic rings. The van der Waals surface area contributed by atoms with E-state index in [2.05, 4.69) is 26.1 Å². The van der Waals surface area contributed by atoms with Gasteiger partial charge < -0.3 is 5.32 Å². The van der Waals surface area contributed by atoms with Crippen LogP contribution in [0.25, 0.3) is 0 Å². The van der Waals surface area contributed by atoms with Gasteiger partial charge in [-0.15, -0.1) is 0 Å². The summed E-state index contributed by atoms with van der Waals surface area (Å²) in [6.07, 6.45) is 7.21. The van der Waals surface area contributed by atoms with Gasteiger partial charge in [-0.3, -0.25) is 0 Å². The van der Waals surface area contributed by atoms with Gasteiger partial charge >= 0.3 is 6.18 Å². The van der Waals surface area contributed by atoms with Crippen molar-refractivity contribution < 1.29 is 13.2 Å². The van der Waals surface area contributed by atoms with Crippen molar-refractivity contribution in [2.75, 3.05) is 0 Å². The Hall–Kier alpha value is -0.250. The summed E-state index contributed by atoms with van der Waals surface area (Å²) in [6, 6.07) is 1.05. The highest BCUT2D eigenvalue weighted by Crippen LogP contribution is 2.47. The van der Waals surface area contributed by atoms with E-state index in [0.717, 1.165) is 31.1 Å². The molecule has 0 aromatic carbocycles. The van der Waals surface area contributed by atoms with E-state index in [1.807, 2.05) is 0 Å². The Balaban J connectivity index is 1.56. The van der Waals surface area contributed by atoms with E-state index in [1.165, 1.54) is 38.5 Å². The summed E-state index contributed by atoms with van der Waals surface area (Å²) in [4.78, 5) is 0. The third kappa shape index (κ3) is 5.42. The van der Waals surface area contributed by atoms with Crippen LogP contribution in [0, 0.1) is 35.5 Å². The van der Waals surface area contributed by atoms with Gasteiger partial charge in [0.15, 0.2) is 0 Å². The van der Waals surface area contributed by atoms with E-state index in [1.54, 1.807) is 0 Å². The zero-order valence-electron chi connectivity index (χ0n) is 17.5. The molecule has 3 saturated carbocycles. The lowest BCUT2D eigenvalue weighted by molar-refractivity contribution is -0.188. The molecule has 0 spiro atoms. The summed E-state index contributed by atoms with van der Waals surface area (Å²) in [5, 5.41) is 3.93. The number of halogens is 3. The van der Waals surface area contributed by atoms with Gasteiger partial charge in [0.05, 0.1) is 5.92 Å². The molecule has 0 aromatic heterocycles. The van der Waals surface area contributed by atoms with E-state index < -0.39 is 12.1 Å². The van der Waals surface area contributed by atoms with Crippen molar-refractivity contribution in [2.24, 2.45) is 35.5 Å². The molecule has 3 fully saturated rings. The third-order valence-electron chi connectivity index (χ3n) is 8.14. The van der Waals surface area contributed by atoms with Crippen LogP contribution in [-0.2, 0) is 0 Å². The van der Waals surface area contributed by atoms with E-state index in [0.29, 0.717) is 36.8 Å². The molecule has 158 valence electrons. The number of alkyl halides is 3. The Labute approximate surface area is 164 Å². The standard InChI is InChI=1S/C23H40F3N/c1-4-15(2)11-17-12-20(13-17)27-21-10-5-7-16(3)22(21)18-8-6-9-19(14-18)23(24,25)26/h15-22,27H,4-14H2,1-3H3. The summed E-state index contributed by atoms with van der Waals surface area (Å²) in [7, 11) is 0. The highest BCUT2D eigenvalue weighted by Gasteiger charge is 2.46. The molecule has 4 heteroatoms. The van der Waals surface area contributed by atoms with Crippen LogP contribution in [0.4, 0.5) is 13.2 Å². The average molecular weight is 388 g/mol. The van der Waals surface area contributed by atoms with E-state index in [4.69, 9.17) is 0 Å². The maximum atomic E-state index is 13.3. The molecule has 1 nitrogen and oxygen atoms in total. The Morgan fingerprint density at radius 2 is 1.70 bits per heavy atom. The van der Waals surface area contributed by atoms with E-state index >= 15 is 0 Å². The van der Waals surface area contributed by atoms with Crippen molar-refractivity contribution in [3.8, 4) is 0 Å². The van der Waals surface area contributed by atoms with Gasteiger partial charge in [0.2, 0.25) is 0 Å². The second kappa shape index (κ2) is 9.05. The Kier molecular flexibility index (Phi) is 7.19. The summed E-state index contributed by atoms with van der Waals surface area (Å²) < 4.78 is 39.9. The SMILES string of the molecule is CCC(C)CC1CC(NC2CCCC(C)C2C2CCCC(C(F)(F)F)C2)C1. The minimum absolute atomic E-state index is 0.258. The smallest absolute Gasteiger partial charge is 0.311 e. The van der Waals surface area contributed by atoms with Gasteiger partial charge in [-0.1, -0.05) is 52.9 Å². The van der Waals surface area contributed by atoms with Crippen LogP contribution in [0.5, 0.6) is 0 Å². The normalized spacial score (nSPS) is 41.8. The molecule has 0 bridgehead atoms. The zero-order valence-corrected chi connectivity index (χ0v) is 17.5. The maximum Gasteiger partial charge on any atom is 0.391 e. The van der Waals surface area contributed by atoms with Crippen molar-refractivity contribution in [2.45, 2.75) is 110 Å². The quantitative estimate of drug-likeness (QED) is 0.519. The topological polar surface area (TPSA) is 12.0 Å². The predicted molar refractivity (Wildman–Crippen MR) is 106 cm³/mol. The van der Waals surface area contributed by atoms with Crippen LogP contribution in [0.1, 0.15) is 91.4 Å². The van der Waals surface area contributed by atoms with Crippen LogP contribution in [0.3, 0.4) is 0 Å². The van der Waals surface area contributed by atoms with Crippen LogP contribution >= 0.6 is 0 Å². The lowest BCUT2D eigenvalue weighted by atomic mass is 9.64. The summed E-state index contributed by atoms with van der Waals surface area (Å²) in [6.45, 7) is 6.91. The molecule has 0 heterocycles. The van der Waals surface area contributed by atoms with Crippen LogP contribution in [-0.4, -0.2) is 18.3 Å². The lowest BCUT2D eigenvalue weighted by Gasteiger charge is -2.48. The van der Waals surface area contributed by atoms with Gasteiger partial charge in [-0.05, 0) is 68.1 Å². The fourth-order valence-electron chi connectivity index (χ4n) is 6.41. The first-order valence-electron chi connectivity index (χ1n) is 11.6. The van der Waals surface area contributed by atoms with Crippen molar-refractivity contribution in [3.63, 3.8) is 0 Å². The zero-order chi connectivity index (χ0) is 19.6. The molecule has 1 N–H and O–H groups in total. The number of rotatable bonds is 6. The molecule has 6 atom stereocenters. The van der Waals surface area contributed by atoms with Crippen molar-refractivity contribution in [1.29, 1.82) is 0 Å². The monoisotopic (exact) mass is 387 g/mol. The van der Waals surface area contributed by atoms with Gasteiger partial charge in [0.1, 0.15) is 0 Å². The second-order valence-corrected chi connectivity index (χ2v) is 10.2. The molecule has 0 saturated heterocycles. The second-order valence-electron chi connectivity index (χ2n) is 10.2. The summed E-state index contributed by atoms with van der Waals surface area (Å²) in [5.41, 5.74) is 0. The van der Waals surface area contributed by atoms with Crippen LogP contribution in [0.15, 0.2) is 0 Å². The molecule has 0 amide bonds. The third-order valence-corrected chi connectivity index (χ3v) is 8.14. The minimum Gasteiger partial charge on any atom is -0.311 e. The minimum atomic E-state index is -4.00.